The quantitative estimate of drug-likeness (QED) is 0.0801. The van der Waals surface area contributed by atoms with Crippen molar-refractivity contribution in [2.45, 2.75) is 67.0 Å². The first-order valence-corrected chi connectivity index (χ1v) is 15.2. The van der Waals surface area contributed by atoms with Crippen LogP contribution in [0.1, 0.15) is 13.0 Å². The second-order valence-corrected chi connectivity index (χ2v) is 12.0. The molecule has 15 nitrogen and oxygen atoms in total. The molecule has 1 saturated heterocycles. The maximum atomic E-state index is 13.8. The second kappa shape index (κ2) is 15.1. The number of benzene rings is 1. The van der Waals surface area contributed by atoms with E-state index in [0.29, 0.717) is 11.3 Å². The number of aliphatic hydroxyl groups is 6. The van der Waals surface area contributed by atoms with Gasteiger partial charge in [-0.3, -0.25) is 4.98 Å². The number of aliphatic hydroxyl groups excluding tert-OH is 6. The van der Waals surface area contributed by atoms with Crippen LogP contribution in [-0.4, -0.2) is 126 Å². The fourth-order valence-electron chi connectivity index (χ4n) is 4.90. The Morgan fingerprint density at radius 2 is 1.62 bits per heavy atom. The Morgan fingerprint density at radius 3 is 2.26 bits per heavy atom. The predicted molar refractivity (Wildman–Crippen MR) is 156 cm³/mol. The highest BCUT2D eigenvalue weighted by molar-refractivity contribution is 8.00. The highest BCUT2D eigenvalue weighted by Gasteiger charge is 2.48. The molecule has 0 saturated carbocycles. The number of ether oxygens (including phenoxy) is 2. The Hall–Kier alpha value is -3.53. The van der Waals surface area contributed by atoms with Crippen molar-refractivity contribution in [1.29, 1.82) is 0 Å². The minimum atomic E-state index is -1.64. The molecule has 0 aliphatic carbocycles. The van der Waals surface area contributed by atoms with Gasteiger partial charge in [0.25, 0.3) is 0 Å². The minimum absolute atomic E-state index is 0.0371. The van der Waals surface area contributed by atoms with Crippen LogP contribution in [-0.2, 0) is 16.0 Å². The van der Waals surface area contributed by atoms with Gasteiger partial charge in [-0.1, -0.05) is 22.2 Å². The summed E-state index contributed by atoms with van der Waals surface area (Å²) in [5.41, 5.74) is -1.70. The number of thioether (sulfide) groups is 1. The zero-order chi connectivity index (χ0) is 33.8. The van der Waals surface area contributed by atoms with Gasteiger partial charge in [0.15, 0.2) is 17.5 Å². The molecule has 0 bridgehead atoms. The molecule has 1 aliphatic heterocycles. The van der Waals surface area contributed by atoms with E-state index in [1.807, 2.05) is 0 Å². The van der Waals surface area contributed by atoms with E-state index in [0.717, 1.165) is 28.6 Å². The molecule has 1 fully saturated rings. The lowest BCUT2D eigenvalue weighted by Crippen LogP contribution is -2.56. The zero-order valence-electron chi connectivity index (χ0n) is 24.6. The lowest BCUT2D eigenvalue weighted by Gasteiger charge is -2.43. The molecule has 5 rings (SSSR count). The maximum absolute atomic E-state index is 13.8. The van der Waals surface area contributed by atoms with E-state index in [9.17, 15) is 43.8 Å². The van der Waals surface area contributed by atoms with Gasteiger partial charge in [-0.2, -0.15) is 0 Å². The first-order chi connectivity index (χ1) is 22.5. The summed E-state index contributed by atoms with van der Waals surface area (Å²) >= 11 is 0.733. The Balaban J connectivity index is 1.38. The molecule has 254 valence electrons. The molecule has 4 aromatic rings. The van der Waals surface area contributed by atoms with Gasteiger partial charge < -0.3 is 40.1 Å². The van der Waals surface area contributed by atoms with Gasteiger partial charge in [0.2, 0.25) is 0 Å². The van der Waals surface area contributed by atoms with Crippen LogP contribution in [0.2, 0.25) is 0 Å². The van der Waals surface area contributed by atoms with E-state index in [4.69, 9.17) is 9.47 Å². The molecule has 1 aliphatic rings. The molecular weight excluding hydrogens is 651 g/mol. The first kappa shape index (κ1) is 34.8. The number of pyridine rings is 1. The summed E-state index contributed by atoms with van der Waals surface area (Å²) in [4.78, 5) is 3.96. The van der Waals surface area contributed by atoms with Crippen molar-refractivity contribution in [2.24, 2.45) is 0 Å². The number of hydrogen-bond acceptors (Lipinski definition) is 14. The highest BCUT2D eigenvalue weighted by atomic mass is 32.2. The summed E-state index contributed by atoms with van der Waals surface area (Å²) in [6, 6.07) is 3.67. The van der Waals surface area contributed by atoms with E-state index in [1.54, 1.807) is 24.5 Å². The van der Waals surface area contributed by atoms with Gasteiger partial charge in [0.1, 0.15) is 58.8 Å². The average molecular weight is 684 g/mol. The molecule has 4 heterocycles. The highest BCUT2D eigenvalue weighted by Crippen LogP contribution is 2.38. The zero-order valence-corrected chi connectivity index (χ0v) is 25.4. The van der Waals surface area contributed by atoms with E-state index in [-0.39, 0.29) is 17.8 Å². The van der Waals surface area contributed by atoms with E-state index < -0.39 is 84.2 Å². The van der Waals surface area contributed by atoms with E-state index >= 15 is 0 Å². The summed E-state index contributed by atoms with van der Waals surface area (Å²) in [6.07, 6.45) is -2.25. The molecule has 3 aromatic heterocycles. The van der Waals surface area contributed by atoms with Crippen LogP contribution < -0.4 is 0 Å². The Labute approximate surface area is 269 Å². The maximum Gasteiger partial charge on any atom is 0.194 e. The molecule has 5 unspecified atom stereocenters. The van der Waals surface area contributed by atoms with E-state index in [1.165, 1.54) is 24.0 Å². The van der Waals surface area contributed by atoms with Gasteiger partial charge in [0, 0.05) is 23.5 Å². The number of aromatic nitrogens is 7. The van der Waals surface area contributed by atoms with Crippen LogP contribution in [0.5, 0.6) is 0 Å². The van der Waals surface area contributed by atoms with Crippen LogP contribution in [0.25, 0.3) is 22.5 Å². The van der Waals surface area contributed by atoms with Crippen molar-refractivity contribution in [3.05, 3.63) is 66.5 Å². The molecule has 47 heavy (non-hydrogen) atoms. The molecule has 0 amide bonds. The molecule has 19 heteroatoms. The average Bonchev–Trinajstić information content (AvgIpc) is 3.73. The molecule has 1 aromatic carbocycles. The summed E-state index contributed by atoms with van der Waals surface area (Å²) in [5.74, 6) is -4.50. The van der Waals surface area contributed by atoms with Crippen LogP contribution in [0.3, 0.4) is 0 Å². The SMILES string of the molecule is C[C@@H](O)C(CO)OC(S[C@@H]1O[C@H](CO)C(O)C(n2cc(-c3ccncc3)nn2)C1O)[C@@H](O)Cn1cc(-c2cc(F)c(F)c(F)c2)nn1. The summed E-state index contributed by atoms with van der Waals surface area (Å²) in [7, 11) is 0. The monoisotopic (exact) mass is 683 g/mol. The fraction of sp³-hybridized carbons (Fsp3) is 0.464. The topological polar surface area (TPSA) is 214 Å². The largest absolute Gasteiger partial charge is 0.394 e. The number of nitrogens with zero attached hydrogens (tertiary/aromatic N) is 7. The van der Waals surface area contributed by atoms with Crippen LogP contribution in [0.15, 0.2) is 49.1 Å². The van der Waals surface area contributed by atoms with Crippen molar-refractivity contribution in [3.63, 3.8) is 0 Å². The molecule has 0 spiro atoms. The van der Waals surface area contributed by atoms with Crippen molar-refractivity contribution < 1.29 is 53.3 Å². The summed E-state index contributed by atoms with van der Waals surface area (Å²) in [5, 5.41) is 79.4. The molecule has 9 atom stereocenters. The Morgan fingerprint density at radius 1 is 0.957 bits per heavy atom. The standard InChI is InChI=1S/C28H32F3N7O8S/c1-13(41)21(11-39)45-27(20(42)10-37-8-18(33-35-37)15-6-16(29)23(31)17(30)7-15)47-28-26(44)24(25(43)22(12-40)46-28)38-9-19(34-36-38)14-2-4-32-5-3-14/h2-9,13,20-22,24-28,39-44H,10-12H2,1H3/t13-,20+,21?,22-,24?,25?,26?,27?,28+/m1/s1. The first-order valence-electron chi connectivity index (χ1n) is 14.3. The lowest BCUT2D eigenvalue weighted by molar-refractivity contribution is -0.180. The van der Waals surface area contributed by atoms with Crippen LogP contribution in [0, 0.1) is 17.5 Å². The Kier molecular flexibility index (Phi) is 11.2. The van der Waals surface area contributed by atoms with Crippen molar-refractivity contribution in [2.75, 3.05) is 13.2 Å². The van der Waals surface area contributed by atoms with E-state index in [2.05, 4.69) is 25.6 Å². The van der Waals surface area contributed by atoms with Crippen LogP contribution in [0.4, 0.5) is 13.2 Å². The van der Waals surface area contributed by atoms with Gasteiger partial charge >= 0.3 is 0 Å². The van der Waals surface area contributed by atoms with Gasteiger partial charge in [0.05, 0.1) is 38.3 Å². The molecule has 0 radical (unpaired) electrons. The third-order valence-electron chi connectivity index (χ3n) is 7.44. The predicted octanol–water partition coefficient (Wildman–Crippen LogP) is -0.125. The third kappa shape index (κ3) is 7.79. The number of rotatable bonds is 13. The minimum Gasteiger partial charge on any atom is -0.394 e. The van der Waals surface area contributed by atoms with Gasteiger partial charge in [-0.05, 0) is 31.2 Å². The van der Waals surface area contributed by atoms with Crippen LogP contribution >= 0.6 is 11.8 Å². The number of halogens is 3. The fourth-order valence-corrected chi connectivity index (χ4v) is 6.17. The lowest BCUT2D eigenvalue weighted by atomic mass is 9.97. The van der Waals surface area contributed by atoms with Gasteiger partial charge in [-0.25, -0.2) is 22.5 Å². The molecular formula is C28H32F3N7O8S. The number of hydrogen-bond donors (Lipinski definition) is 6. The van der Waals surface area contributed by atoms with Crippen molar-refractivity contribution >= 4 is 11.8 Å². The Bertz CT molecular complexity index is 1600. The van der Waals surface area contributed by atoms with Crippen molar-refractivity contribution in [1.82, 2.24) is 35.0 Å². The summed E-state index contributed by atoms with van der Waals surface area (Å²) in [6.45, 7) is -0.307. The van der Waals surface area contributed by atoms with Crippen molar-refractivity contribution in [3.8, 4) is 22.5 Å². The molecule has 6 N–H and O–H groups in total. The normalized spacial score (nSPS) is 24.2. The summed E-state index contributed by atoms with van der Waals surface area (Å²) < 4.78 is 54.9. The second-order valence-electron chi connectivity index (χ2n) is 10.8. The van der Waals surface area contributed by atoms with Gasteiger partial charge in [-0.15, -0.1) is 10.2 Å². The third-order valence-corrected chi connectivity index (χ3v) is 8.79. The smallest absolute Gasteiger partial charge is 0.194 e.